The lowest BCUT2D eigenvalue weighted by molar-refractivity contribution is 0.171. The van der Waals surface area contributed by atoms with Gasteiger partial charge in [-0.1, -0.05) is 13.0 Å². The first-order chi connectivity index (χ1) is 10.3. The van der Waals surface area contributed by atoms with Crippen LogP contribution in [0.25, 0.3) is 0 Å². The van der Waals surface area contributed by atoms with Crippen LogP contribution in [0, 0.1) is 0 Å². The monoisotopic (exact) mass is 307 g/mol. The first-order valence-corrected chi connectivity index (χ1v) is 9.08. The van der Waals surface area contributed by atoms with Gasteiger partial charge in [-0.05, 0) is 49.6 Å². The minimum Gasteiger partial charge on any atom is -0.486 e. The van der Waals surface area contributed by atoms with Gasteiger partial charge < -0.3 is 14.8 Å². The number of fused-ring (bicyclic) bond motifs is 1. The highest BCUT2D eigenvalue weighted by atomic mass is 32.2. The molecule has 1 saturated carbocycles. The molecule has 116 valence electrons. The fraction of sp³-hybridized carbons (Fsp3) is 0.647. The molecule has 3 unspecified atom stereocenters. The van der Waals surface area contributed by atoms with Gasteiger partial charge in [-0.25, -0.2) is 0 Å². The molecular formula is C17H25NO2S. The zero-order chi connectivity index (χ0) is 14.7. The summed E-state index contributed by atoms with van der Waals surface area (Å²) < 4.78 is 11.3. The van der Waals surface area contributed by atoms with Gasteiger partial charge in [0.25, 0.3) is 0 Å². The maximum Gasteiger partial charge on any atom is 0.161 e. The van der Waals surface area contributed by atoms with Crippen LogP contribution in [0.15, 0.2) is 18.2 Å². The van der Waals surface area contributed by atoms with Crippen molar-refractivity contribution in [2.75, 3.05) is 19.0 Å². The molecular weight excluding hydrogens is 282 g/mol. The smallest absolute Gasteiger partial charge is 0.161 e. The quantitative estimate of drug-likeness (QED) is 0.897. The van der Waals surface area contributed by atoms with E-state index in [0.717, 1.165) is 16.7 Å². The second kappa shape index (κ2) is 6.93. The Morgan fingerprint density at radius 3 is 2.86 bits per heavy atom. The highest BCUT2D eigenvalue weighted by Crippen LogP contribution is 2.34. The molecule has 1 N–H and O–H groups in total. The number of rotatable bonds is 5. The van der Waals surface area contributed by atoms with E-state index in [2.05, 4.69) is 43.1 Å². The van der Waals surface area contributed by atoms with Crippen molar-refractivity contribution in [1.82, 2.24) is 5.32 Å². The lowest BCUT2D eigenvalue weighted by Gasteiger charge is -2.23. The van der Waals surface area contributed by atoms with Crippen LogP contribution >= 0.6 is 11.8 Å². The van der Waals surface area contributed by atoms with Crippen LogP contribution in [0.5, 0.6) is 11.5 Å². The lowest BCUT2D eigenvalue weighted by Crippen LogP contribution is -2.29. The van der Waals surface area contributed by atoms with Crippen LogP contribution in [0.3, 0.4) is 0 Å². The number of thioether (sulfide) groups is 1. The molecule has 0 bridgehead atoms. The summed E-state index contributed by atoms with van der Waals surface area (Å²) in [5, 5.41) is 4.63. The zero-order valence-electron chi connectivity index (χ0n) is 12.9. The summed E-state index contributed by atoms with van der Waals surface area (Å²) in [6.07, 6.45) is 3.95. The number of hydrogen-bond donors (Lipinski definition) is 1. The first-order valence-electron chi connectivity index (χ1n) is 8.03. The van der Waals surface area contributed by atoms with Crippen molar-refractivity contribution in [1.29, 1.82) is 0 Å². The Morgan fingerprint density at radius 2 is 2.05 bits per heavy atom. The molecule has 1 aliphatic carbocycles. The number of hydrogen-bond acceptors (Lipinski definition) is 4. The van der Waals surface area contributed by atoms with Crippen LogP contribution in [0.4, 0.5) is 0 Å². The molecule has 0 spiro atoms. The van der Waals surface area contributed by atoms with Crippen LogP contribution in [0.1, 0.15) is 44.7 Å². The second-order valence-electron chi connectivity index (χ2n) is 5.88. The van der Waals surface area contributed by atoms with Gasteiger partial charge in [0.1, 0.15) is 13.2 Å². The fourth-order valence-corrected chi connectivity index (χ4v) is 4.40. The summed E-state index contributed by atoms with van der Waals surface area (Å²) in [6, 6.07) is 7.32. The Hall–Kier alpha value is -0.870. The Morgan fingerprint density at radius 1 is 1.24 bits per heavy atom. The molecule has 1 aromatic carbocycles. The van der Waals surface area contributed by atoms with Crippen molar-refractivity contribution in [2.24, 2.45) is 0 Å². The Balaban J connectivity index is 1.59. The van der Waals surface area contributed by atoms with E-state index in [-0.39, 0.29) is 0 Å². The van der Waals surface area contributed by atoms with Crippen LogP contribution in [-0.4, -0.2) is 30.3 Å². The molecule has 3 nitrogen and oxygen atoms in total. The summed E-state index contributed by atoms with van der Waals surface area (Å²) in [7, 11) is 0. The number of nitrogens with one attached hydrogen (secondary N) is 1. The maximum absolute atomic E-state index is 5.68. The van der Waals surface area contributed by atoms with Crippen molar-refractivity contribution in [3.63, 3.8) is 0 Å². The number of ether oxygens (including phenoxy) is 2. The molecule has 0 amide bonds. The molecule has 0 aromatic heterocycles. The Bertz CT molecular complexity index is 480. The normalized spacial score (nSPS) is 25.8. The third-order valence-corrected chi connectivity index (χ3v) is 5.57. The minimum absolute atomic E-state index is 0.358. The lowest BCUT2D eigenvalue weighted by atomic mass is 10.1. The standard InChI is InChI=1S/C17H25NO2S/c1-3-21-15-6-5-14(11-15)18-12(2)13-4-7-16-17(10-13)20-9-8-19-16/h4,7,10,12,14-15,18H,3,5-6,8-9,11H2,1-2H3. The molecule has 1 heterocycles. The van der Waals surface area contributed by atoms with E-state index >= 15 is 0 Å². The highest BCUT2D eigenvalue weighted by molar-refractivity contribution is 7.99. The molecule has 2 aliphatic rings. The summed E-state index contributed by atoms with van der Waals surface area (Å²) >= 11 is 2.11. The van der Waals surface area contributed by atoms with Crippen molar-refractivity contribution in [2.45, 2.75) is 50.4 Å². The molecule has 1 aliphatic heterocycles. The summed E-state index contributed by atoms with van der Waals surface area (Å²) in [5.74, 6) is 2.99. The van der Waals surface area contributed by atoms with Crippen LogP contribution in [-0.2, 0) is 0 Å². The van der Waals surface area contributed by atoms with Crippen molar-refractivity contribution in [3.05, 3.63) is 23.8 Å². The third kappa shape index (κ3) is 3.67. The average molecular weight is 307 g/mol. The SMILES string of the molecule is CCSC1CCC(NC(C)c2ccc3c(c2)OCCO3)C1. The van der Waals surface area contributed by atoms with Crippen molar-refractivity contribution < 1.29 is 9.47 Å². The Kier molecular flexibility index (Phi) is 4.96. The summed E-state index contributed by atoms with van der Waals surface area (Å²) in [5.41, 5.74) is 1.28. The summed E-state index contributed by atoms with van der Waals surface area (Å²) in [4.78, 5) is 0. The van der Waals surface area contributed by atoms with E-state index in [1.165, 1.54) is 30.6 Å². The van der Waals surface area contributed by atoms with Gasteiger partial charge in [-0.2, -0.15) is 11.8 Å². The maximum atomic E-state index is 5.68. The third-order valence-electron chi connectivity index (χ3n) is 4.34. The van der Waals surface area contributed by atoms with Crippen LogP contribution in [0.2, 0.25) is 0 Å². The predicted molar refractivity (Wildman–Crippen MR) is 88.5 cm³/mol. The molecule has 3 atom stereocenters. The Labute approximate surface area is 131 Å². The average Bonchev–Trinajstić information content (AvgIpc) is 2.94. The van der Waals surface area contributed by atoms with Crippen molar-refractivity contribution in [3.8, 4) is 11.5 Å². The van der Waals surface area contributed by atoms with Gasteiger partial charge in [0.05, 0.1) is 0 Å². The fourth-order valence-electron chi connectivity index (χ4n) is 3.26. The van der Waals surface area contributed by atoms with E-state index < -0.39 is 0 Å². The largest absolute Gasteiger partial charge is 0.486 e. The first kappa shape index (κ1) is 15.0. The minimum atomic E-state index is 0.358. The molecule has 1 fully saturated rings. The van der Waals surface area contributed by atoms with Gasteiger partial charge in [0.2, 0.25) is 0 Å². The van der Waals surface area contributed by atoms with E-state index in [0.29, 0.717) is 25.3 Å². The van der Waals surface area contributed by atoms with E-state index in [1.54, 1.807) is 0 Å². The van der Waals surface area contributed by atoms with Gasteiger partial charge in [-0.3, -0.25) is 0 Å². The topological polar surface area (TPSA) is 30.5 Å². The van der Waals surface area contributed by atoms with E-state index in [1.807, 2.05) is 6.07 Å². The molecule has 21 heavy (non-hydrogen) atoms. The number of benzene rings is 1. The molecule has 3 rings (SSSR count). The highest BCUT2D eigenvalue weighted by Gasteiger charge is 2.26. The van der Waals surface area contributed by atoms with Gasteiger partial charge >= 0.3 is 0 Å². The van der Waals surface area contributed by atoms with Crippen molar-refractivity contribution >= 4 is 11.8 Å². The second-order valence-corrected chi connectivity index (χ2v) is 7.46. The predicted octanol–water partition coefficient (Wildman–Crippen LogP) is 3.78. The zero-order valence-corrected chi connectivity index (χ0v) is 13.7. The molecule has 0 saturated heterocycles. The molecule has 0 radical (unpaired) electrons. The molecule has 4 heteroatoms. The van der Waals surface area contributed by atoms with Gasteiger partial charge in [-0.15, -0.1) is 0 Å². The summed E-state index contributed by atoms with van der Waals surface area (Å²) in [6.45, 7) is 5.80. The van der Waals surface area contributed by atoms with Gasteiger partial charge in [0, 0.05) is 17.3 Å². The van der Waals surface area contributed by atoms with Gasteiger partial charge in [0.15, 0.2) is 11.5 Å². The molecule has 1 aromatic rings. The van der Waals surface area contributed by atoms with E-state index in [9.17, 15) is 0 Å². The van der Waals surface area contributed by atoms with E-state index in [4.69, 9.17) is 9.47 Å². The van der Waals surface area contributed by atoms with Crippen LogP contribution < -0.4 is 14.8 Å².